The van der Waals surface area contributed by atoms with E-state index in [9.17, 15) is 13.2 Å². The third-order valence-corrected chi connectivity index (χ3v) is 6.82. The smallest absolute Gasteiger partial charge is 0.175 e. The molecule has 4 rings (SSSR count). The Morgan fingerprint density at radius 1 is 0.968 bits per heavy atom. The first kappa shape index (κ1) is 22.0. The van der Waals surface area contributed by atoms with Gasteiger partial charge in [-0.05, 0) is 86.4 Å². The van der Waals surface area contributed by atoms with Crippen molar-refractivity contribution in [2.75, 3.05) is 13.2 Å². The lowest BCUT2D eigenvalue weighted by molar-refractivity contribution is 0.104. The van der Waals surface area contributed by atoms with Gasteiger partial charge in [0.25, 0.3) is 0 Å². The Labute approximate surface area is 182 Å². The van der Waals surface area contributed by atoms with Crippen LogP contribution in [0, 0.1) is 29.3 Å². The average molecular weight is 433 g/mol. The van der Waals surface area contributed by atoms with Gasteiger partial charge in [-0.15, -0.1) is 0 Å². The van der Waals surface area contributed by atoms with Crippen LogP contribution in [0.2, 0.25) is 0 Å². The van der Waals surface area contributed by atoms with Gasteiger partial charge < -0.3 is 9.47 Å². The van der Waals surface area contributed by atoms with Crippen molar-refractivity contribution in [3.63, 3.8) is 0 Å². The first-order chi connectivity index (χ1) is 15.0. The number of allylic oxidation sites excluding steroid dienone is 2. The molecule has 1 unspecified atom stereocenters. The summed E-state index contributed by atoms with van der Waals surface area (Å²) in [6, 6.07) is 4.70. The maximum atomic E-state index is 15.0. The number of rotatable bonds is 6. The SMILES string of the molecule is CCCC1CC=C(C2CCC(c3cc4ccc(OCC)c(F)c4c(F)c3F)CC2)OC1. The molecule has 0 N–H and O–H groups in total. The molecule has 31 heavy (non-hydrogen) atoms. The highest BCUT2D eigenvalue weighted by Crippen LogP contribution is 2.43. The molecule has 0 amide bonds. The monoisotopic (exact) mass is 432 g/mol. The van der Waals surface area contributed by atoms with Crippen molar-refractivity contribution in [2.24, 2.45) is 11.8 Å². The van der Waals surface area contributed by atoms with Gasteiger partial charge in [-0.3, -0.25) is 0 Å². The zero-order valence-electron chi connectivity index (χ0n) is 18.4. The van der Waals surface area contributed by atoms with Gasteiger partial charge in [0.2, 0.25) is 0 Å². The second-order valence-electron chi connectivity index (χ2n) is 8.86. The summed E-state index contributed by atoms with van der Waals surface area (Å²) in [5.74, 6) is -0.949. The van der Waals surface area contributed by atoms with E-state index in [0.29, 0.717) is 22.8 Å². The average Bonchev–Trinajstić information content (AvgIpc) is 2.79. The van der Waals surface area contributed by atoms with Gasteiger partial charge in [-0.2, -0.15) is 0 Å². The van der Waals surface area contributed by atoms with Gasteiger partial charge in [0.05, 0.1) is 24.4 Å². The van der Waals surface area contributed by atoms with E-state index in [0.717, 1.165) is 44.5 Å². The van der Waals surface area contributed by atoms with E-state index in [1.54, 1.807) is 19.1 Å². The summed E-state index contributed by atoms with van der Waals surface area (Å²) in [6.07, 6.45) is 9.00. The van der Waals surface area contributed by atoms with Crippen LogP contribution in [0.25, 0.3) is 10.8 Å². The second kappa shape index (κ2) is 9.54. The van der Waals surface area contributed by atoms with Crippen LogP contribution in [0.4, 0.5) is 13.2 Å². The molecule has 0 bridgehead atoms. The van der Waals surface area contributed by atoms with E-state index < -0.39 is 17.5 Å². The summed E-state index contributed by atoms with van der Waals surface area (Å²) in [5, 5.41) is 0.0422. The summed E-state index contributed by atoms with van der Waals surface area (Å²) in [7, 11) is 0. The molecule has 168 valence electrons. The summed E-state index contributed by atoms with van der Waals surface area (Å²) < 4.78 is 55.7. The molecule has 2 nitrogen and oxygen atoms in total. The number of fused-ring (bicyclic) bond motifs is 1. The lowest BCUT2D eigenvalue weighted by Gasteiger charge is -2.33. The van der Waals surface area contributed by atoms with Crippen molar-refractivity contribution in [3.05, 3.63) is 53.0 Å². The third-order valence-electron chi connectivity index (χ3n) is 6.82. The molecule has 5 heteroatoms. The number of benzene rings is 2. The molecule has 0 aromatic heterocycles. The van der Waals surface area contributed by atoms with E-state index in [1.807, 2.05) is 0 Å². The normalized spacial score (nSPS) is 24.0. The van der Waals surface area contributed by atoms with Crippen LogP contribution < -0.4 is 4.74 Å². The molecule has 1 heterocycles. The minimum absolute atomic E-state index is 0.0523. The Morgan fingerprint density at radius 3 is 2.35 bits per heavy atom. The topological polar surface area (TPSA) is 18.5 Å². The zero-order chi connectivity index (χ0) is 22.0. The number of ether oxygens (including phenoxy) is 2. The van der Waals surface area contributed by atoms with Crippen LogP contribution in [0.3, 0.4) is 0 Å². The Bertz CT molecular complexity index is 961. The lowest BCUT2D eigenvalue weighted by atomic mass is 9.77. The van der Waals surface area contributed by atoms with Gasteiger partial charge in [0.1, 0.15) is 0 Å². The van der Waals surface area contributed by atoms with E-state index >= 15 is 0 Å². The molecule has 0 spiro atoms. The molecule has 1 fully saturated rings. The van der Waals surface area contributed by atoms with E-state index in [-0.39, 0.29) is 23.7 Å². The van der Waals surface area contributed by atoms with Gasteiger partial charge >= 0.3 is 0 Å². The maximum Gasteiger partial charge on any atom is 0.175 e. The fraction of sp³-hybridized carbons (Fsp3) is 0.538. The number of halogens is 3. The Balaban J connectivity index is 1.50. The van der Waals surface area contributed by atoms with Crippen molar-refractivity contribution < 1.29 is 22.6 Å². The highest BCUT2D eigenvalue weighted by atomic mass is 19.2. The molecule has 1 aliphatic heterocycles. The molecule has 2 aromatic rings. The Morgan fingerprint density at radius 2 is 1.71 bits per heavy atom. The van der Waals surface area contributed by atoms with Crippen molar-refractivity contribution in [3.8, 4) is 5.75 Å². The second-order valence-corrected chi connectivity index (χ2v) is 8.86. The van der Waals surface area contributed by atoms with Crippen LogP contribution in [-0.2, 0) is 4.74 Å². The van der Waals surface area contributed by atoms with Crippen LogP contribution in [-0.4, -0.2) is 13.2 Å². The Kier molecular flexibility index (Phi) is 6.78. The quantitative estimate of drug-likeness (QED) is 0.467. The van der Waals surface area contributed by atoms with Crippen LogP contribution >= 0.6 is 0 Å². The van der Waals surface area contributed by atoms with Crippen molar-refractivity contribution in [1.29, 1.82) is 0 Å². The molecule has 1 saturated carbocycles. The van der Waals surface area contributed by atoms with Crippen molar-refractivity contribution in [2.45, 2.75) is 64.7 Å². The van der Waals surface area contributed by atoms with Gasteiger partial charge in [-0.1, -0.05) is 19.4 Å². The van der Waals surface area contributed by atoms with E-state index in [1.165, 1.54) is 18.9 Å². The maximum absolute atomic E-state index is 15.0. The van der Waals surface area contributed by atoms with E-state index in [4.69, 9.17) is 9.47 Å². The molecular weight excluding hydrogens is 401 g/mol. The third kappa shape index (κ3) is 4.42. The minimum Gasteiger partial charge on any atom is -0.498 e. The molecule has 2 aromatic carbocycles. The fourth-order valence-corrected chi connectivity index (χ4v) is 5.15. The summed E-state index contributed by atoms with van der Waals surface area (Å²) in [6.45, 7) is 4.96. The van der Waals surface area contributed by atoms with Crippen LogP contribution in [0.15, 0.2) is 30.0 Å². The highest BCUT2D eigenvalue weighted by Gasteiger charge is 2.30. The van der Waals surface area contributed by atoms with Crippen molar-refractivity contribution in [1.82, 2.24) is 0 Å². The molecule has 0 radical (unpaired) electrons. The van der Waals surface area contributed by atoms with Gasteiger partial charge in [-0.25, -0.2) is 13.2 Å². The zero-order valence-corrected chi connectivity index (χ0v) is 18.4. The van der Waals surface area contributed by atoms with E-state index in [2.05, 4.69) is 13.0 Å². The minimum atomic E-state index is -1.12. The summed E-state index contributed by atoms with van der Waals surface area (Å²) in [4.78, 5) is 0. The predicted octanol–water partition coefficient (Wildman–Crippen LogP) is 7.65. The fourth-order valence-electron chi connectivity index (χ4n) is 5.15. The molecular formula is C26H31F3O2. The van der Waals surface area contributed by atoms with Crippen molar-refractivity contribution >= 4 is 10.8 Å². The first-order valence-corrected chi connectivity index (χ1v) is 11.6. The van der Waals surface area contributed by atoms with Gasteiger partial charge in [0, 0.05) is 5.92 Å². The highest BCUT2D eigenvalue weighted by molar-refractivity contribution is 5.86. The predicted molar refractivity (Wildman–Crippen MR) is 117 cm³/mol. The number of hydrogen-bond acceptors (Lipinski definition) is 2. The molecule has 2 aliphatic rings. The van der Waals surface area contributed by atoms with Gasteiger partial charge in [0.15, 0.2) is 23.2 Å². The molecule has 0 saturated heterocycles. The summed E-state index contributed by atoms with van der Waals surface area (Å²) >= 11 is 0. The largest absolute Gasteiger partial charge is 0.498 e. The standard InChI is InChI=1S/C26H31F3O2/c1-3-5-16-6-12-21(31-15-16)18-9-7-17(8-10-18)20-14-19-11-13-22(30-4-2)25(28)23(19)26(29)24(20)27/h11-14,16-18H,3-10,15H2,1-2H3. The first-order valence-electron chi connectivity index (χ1n) is 11.6. The van der Waals surface area contributed by atoms with Crippen LogP contribution in [0.1, 0.15) is 70.3 Å². The number of hydrogen-bond donors (Lipinski definition) is 0. The molecule has 1 atom stereocenters. The van der Waals surface area contributed by atoms with Crippen LogP contribution in [0.5, 0.6) is 5.75 Å². The summed E-state index contributed by atoms with van der Waals surface area (Å²) in [5.41, 5.74) is 0.355. The lowest BCUT2D eigenvalue weighted by Crippen LogP contribution is -2.22. The Hall–Kier alpha value is -2.17. The molecule has 1 aliphatic carbocycles.